The van der Waals surface area contributed by atoms with Gasteiger partial charge in [-0.1, -0.05) is 38.1 Å². The molecule has 1 unspecified atom stereocenters. The van der Waals surface area contributed by atoms with Crippen molar-refractivity contribution in [3.63, 3.8) is 0 Å². The van der Waals surface area contributed by atoms with E-state index in [0.717, 1.165) is 30.6 Å². The van der Waals surface area contributed by atoms with Gasteiger partial charge in [0.2, 0.25) is 5.91 Å². The van der Waals surface area contributed by atoms with Crippen LogP contribution in [0, 0.1) is 5.41 Å². The van der Waals surface area contributed by atoms with E-state index in [0.29, 0.717) is 19.7 Å². The lowest BCUT2D eigenvalue weighted by molar-refractivity contribution is -0.123. The molecule has 0 aliphatic carbocycles. The molecule has 0 radical (unpaired) electrons. The van der Waals surface area contributed by atoms with Crippen molar-refractivity contribution in [3.8, 4) is 0 Å². The van der Waals surface area contributed by atoms with E-state index in [1.54, 1.807) is 0 Å². The molecule has 0 spiro atoms. The summed E-state index contributed by atoms with van der Waals surface area (Å²) in [4.78, 5) is 14.5. The van der Waals surface area contributed by atoms with E-state index in [1.165, 1.54) is 0 Å². The van der Waals surface area contributed by atoms with Gasteiger partial charge in [-0.05, 0) is 36.8 Å². The molecular formula is C20H33N3O2. The van der Waals surface area contributed by atoms with Crippen LogP contribution in [0.5, 0.6) is 0 Å². The first-order valence-electron chi connectivity index (χ1n) is 9.20. The zero-order chi connectivity index (χ0) is 18.4. The molecule has 140 valence electrons. The number of rotatable bonds is 7. The summed E-state index contributed by atoms with van der Waals surface area (Å²) in [5.74, 6) is 0.0649. The molecule has 2 rings (SSSR count). The van der Waals surface area contributed by atoms with Crippen LogP contribution < -0.4 is 11.1 Å². The molecule has 1 aliphatic rings. The fourth-order valence-corrected chi connectivity index (χ4v) is 3.17. The van der Waals surface area contributed by atoms with Crippen molar-refractivity contribution in [2.75, 3.05) is 19.6 Å². The summed E-state index contributed by atoms with van der Waals surface area (Å²) in [7, 11) is 0. The number of benzene rings is 1. The average Bonchev–Trinajstić information content (AvgIpc) is 2.54. The Morgan fingerprint density at radius 3 is 2.80 bits per heavy atom. The third-order valence-corrected chi connectivity index (χ3v) is 4.82. The molecule has 0 bridgehead atoms. The Hall–Kier alpha value is -1.43. The van der Waals surface area contributed by atoms with Crippen molar-refractivity contribution < 1.29 is 9.53 Å². The molecule has 25 heavy (non-hydrogen) atoms. The number of nitrogens with zero attached hydrogens (tertiary/aromatic N) is 1. The van der Waals surface area contributed by atoms with Gasteiger partial charge < -0.3 is 15.8 Å². The molecule has 1 aromatic carbocycles. The normalized spacial score (nSPS) is 20.6. The number of nitrogens with two attached hydrogens (primary N) is 1. The van der Waals surface area contributed by atoms with Crippen LogP contribution in [0.15, 0.2) is 24.3 Å². The molecule has 0 aromatic heterocycles. The molecule has 5 nitrogen and oxygen atoms in total. The Morgan fingerprint density at radius 2 is 2.12 bits per heavy atom. The monoisotopic (exact) mass is 347 g/mol. The van der Waals surface area contributed by atoms with Gasteiger partial charge in [-0.15, -0.1) is 0 Å². The number of carbonyl (C=O) groups excluding carboxylic acids is 1. The molecule has 0 saturated carbocycles. The number of hydrogen-bond donors (Lipinski definition) is 2. The predicted molar refractivity (Wildman–Crippen MR) is 101 cm³/mol. The van der Waals surface area contributed by atoms with Crippen LogP contribution in [0.2, 0.25) is 0 Å². The Kier molecular flexibility index (Phi) is 6.99. The third kappa shape index (κ3) is 6.42. The fraction of sp³-hybridized carbons (Fsp3) is 0.650. The van der Waals surface area contributed by atoms with Crippen molar-refractivity contribution in [3.05, 3.63) is 35.4 Å². The van der Waals surface area contributed by atoms with Gasteiger partial charge in [0.1, 0.15) is 0 Å². The van der Waals surface area contributed by atoms with Crippen molar-refractivity contribution in [2.45, 2.75) is 59.4 Å². The van der Waals surface area contributed by atoms with Gasteiger partial charge in [-0.3, -0.25) is 9.69 Å². The van der Waals surface area contributed by atoms with E-state index in [-0.39, 0.29) is 23.5 Å². The van der Waals surface area contributed by atoms with E-state index in [2.05, 4.69) is 30.1 Å². The topological polar surface area (TPSA) is 67.6 Å². The maximum atomic E-state index is 12.3. The maximum absolute atomic E-state index is 12.3. The molecule has 1 atom stereocenters. The minimum absolute atomic E-state index is 0.0588. The number of ether oxygens (including phenoxy) is 1. The lowest BCUT2D eigenvalue weighted by Gasteiger charge is -2.42. The fourth-order valence-electron chi connectivity index (χ4n) is 3.17. The van der Waals surface area contributed by atoms with E-state index >= 15 is 0 Å². The molecule has 1 aliphatic heterocycles. The van der Waals surface area contributed by atoms with E-state index < -0.39 is 0 Å². The first-order chi connectivity index (χ1) is 11.8. The zero-order valence-corrected chi connectivity index (χ0v) is 16.0. The Balaban J connectivity index is 1.79. The van der Waals surface area contributed by atoms with Crippen LogP contribution in [0.4, 0.5) is 0 Å². The van der Waals surface area contributed by atoms with E-state index in [9.17, 15) is 4.79 Å². The third-order valence-electron chi connectivity index (χ3n) is 4.82. The van der Waals surface area contributed by atoms with Crippen molar-refractivity contribution in [1.82, 2.24) is 10.2 Å². The second-order valence-electron chi connectivity index (χ2n) is 8.05. The van der Waals surface area contributed by atoms with Gasteiger partial charge >= 0.3 is 0 Å². The predicted octanol–water partition coefficient (Wildman–Crippen LogP) is 2.29. The Bertz CT molecular complexity index is 572. The Labute approximate surface area is 151 Å². The highest BCUT2D eigenvalue weighted by atomic mass is 16.5. The minimum atomic E-state index is 0.0588. The first-order valence-corrected chi connectivity index (χ1v) is 9.20. The number of amides is 1. The maximum Gasteiger partial charge on any atom is 0.234 e. The number of likely N-dealkylation sites (tertiary alicyclic amines) is 1. The van der Waals surface area contributed by atoms with Crippen LogP contribution in [0.1, 0.15) is 45.2 Å². The van der Waals surface area contributed by atoms with Crippen LogP contribution in [0.25, 0.3) is 0 Å². The SMILES string of the molecule is CC(C)OCc1cccc(CNC(=O)CN2CCC(N)C(C)(C)C2)c1. The largest absolute Gasteiger partial charge is 0.374 e. The molecule has 1 amide bonds. The standard InChI is InChI=1S/C20H33N3O2/c1-15(2)25-13-17-7-5-6-16(10-17)11-22-19(24)12-23-9-8-18(21)20(3,4)14-23/h5-7,10,15,18H,8-9,11-14,21H2,1-4H3,(H,22,24). The lowest BCUT2D eigenvalue weighted by Crippen LogP contribution is -2.54. The van der Waals surface area contributed by atoms with Gasteiger partial charge in [0.05, 0.1) is 19.3 Å². The van der Waals surface area contributed by atoms with Crippen molar-refractivity contribution in [1.29, 1.82) is 0 Å². The summed E-state index contributed by atoms with van der Waals surface area (Å²) in [6, 6.07) is 8.39. The molecule has 1 saturated heterocycles. The summed E-state index contributed by atoms with van der Waals surface area (Å²) in [5, 5.41) is 3.02. The van der Waals surface area contributed by atoms with Crippen LogP contribution in [-0.4, -0.2) is 42.6 Å². The minimum Gasteiger partial charge on any atom is -0.374 e. The van der Waals surface area contributed by atoms with Crippen molar-refractivity contribution in [2.24, 2.45) is 11.1 Å². The van der Waals surface area contributed by atoms with Gasteiger partial charge in [0.15, 0.2) is 0 Å². The summed E-state index contributed by atoms with van der Waals surface area (Å²) >= 11 is 0. The van der Waals surface area contributed by atoms with E-state index in [1.807, 2.05) is 32.0 Å². The lowest BCUT2D eigenvalue weighted by atomic mass is 9.80. The van der Waals surface area contributed by atoms with Crippen molar-refractivity contribution >= 4 is 5.91 Å². The van der Waals surface area contributed by atoms with E-state index in [4.69, 9.17) is 10.5 Å². The summed E-state index contributed by atoms with van der Waals surface area (Å²) in [5.41, 5.74) is 8.45. The molecule has 5 heteroatoms. The summed E-state index contributed by atoms with van der Waals surface area (Å²) in [6.45, 7) is 11.7. The highest BCUT2D eigenvalue weighted by Crippen LogP contribution is 2.27. The average molecular weight is 348 g/mol. The number of nitrogens with one attached hydrogen (secondary N) is 1. The second-order valence-corrected chi connectivity index (χ2v) is 8.05. The highest BCUT2D eigenvalue weighted by Gasteiger charge is 2.33. The summed E-state index contributed by atoms with van der Waals surface area (Å²) in [6.07, 6.45) is 1.16. The quantitative estimate of drug-likeness (QED) is 0.794. The van der Waals surface area contributed by atoms with Gasteiger partial charge in [0, 0.05) is 25.7 Å². The van der Waals surface area contributed by atoms with Crippen LogP contribution >= 0.6 is 0 Å². The molecule has 1 heterocycles. The smallest absolute Gasteiger partial charge is 0.234 e. The highest BCUT2D eigenvalue weighted by molar-refractivity contribution is 5.78. The summed E-state index contributed by atoms with van der Waals surface area (Å²) < 4.78 is 5.63. The molecule has 3 N–H and O–H groups in total. The number of piperidine rings is 1. The molecule has 1 fully saturated rings. The van der Waals surface area contributed by atoms with Gasteiger partial charge in [0.25, 0.3) is 0 Å². The number of hydrogen-bond acceptors (Lipinski definition) is 4. The molecular weight excluding hydrogens is 314 g/mol. The zero-order valence-electron chi connectivity index (χ0n) is 16.0. The van der Waals surface area contributed by atoms with Crippen LogP contribution in [0.3, 0.4) is 0 Å². The van der Waals surface area contributed by atoms with Crippen LogP contribution in [-0.2, 0) is 22.7 Å². The second kappa shape index (κ2) is 8.79. The van der Waals surface area contributed by atoms with Gasteiger partial charge in [-0.2, -0.15) is 0 Å². The molecule has 1 aromatic rings. The number of carbonyl (C=O) groups is 1. The first kappa shape index (κ1) is 19.9. The Morgan fingerprint density at radius 1 is 1.40 bits per heavy atom. The van der Waals surface area contributed by atoms with Gasteiger partial charge in [-0.25, -0.2) is 0 Å².